The van der Waals surface area contributed by atoms with Gasteiger partial charge in [0.2, 0.25) is 0 Å². The van der Waals surface area contributed by atoms with Gasteiger partial charge < -0.3 is 5.32 Å². The smallest absolute Gasteiger partial charge is 0.0221 e. The predicted octanol–water partition coefficient (Wildman–Crippen LogP) is 2.77. The van der Waals surface area contributed by atoms with Gasteiger partial charge in [-0.15, -0.1) is 0 Å². The molecule has 98 valence electrons. The maximum absolute atomic E-state index is 3.53. The lowest BCUT2D eigenvalue weighted by molar-refractivity contribution is 0.262. The molecule has 0 aromatic heterocycles. The van der Waals surface area contributed by atoms with Crippen LogP contribution in [-0.2, 0) is 0 Å². The maximum atomic E-state index is 3.53. The van der Waals surface area contributed by atoms with Gasteiger partial charge in [-0.1, -0.05) is 49.4 Å². The molecule has 0 amide bonds. The Balaban J connectivity index is 1.65. The first-order valence-corrected chi connectivity index (χ1v) is 7.06. The molecule has 1 aliphatic rings. The zero-order chi connectivity index (χ0) is 12.6. The molecule has 1 saturated heterocycles. The molecular formula is C16H24N2. The van der Waals surface area contributed by atoms with Crippen molar-refractivity contribution in [2.24, 2.45) is 0 Å². The summed E-state index contributed by atoms with van der Waals surface area (Å²) in [6.45, 7) is 6.80. The molecule has 2 nitrogen and oxygen atoms in total. The van der Waals surface area contributed by atoms with Gasteiger partial charge in [0.05, 0.1) is 0 Å². The Morgan fingerprint density at radius 2 is 2.17 bits per heavy atom. The second-order valence-electron chi connectivity index (χ2n) is 4.90. The third-order valence-electron chi connectivity index (χ3n) is 3.66. The van der Waals surface area contributed by atoms with Crippen LogP contribution in [-0.4, -0.2) is 37.1 Å². The Hall–Kier alpha value is -1.12. The molecule has 1 N–H and O–H groups in total. The van der Waals surface area contributed by atoms with Crippen LogP contribution in [0.25, 0.3) is 6.08 Å². The van der Waals surface area contributed by atoms with Crippen LogP contribution in [0.15, 0.2) is 36.4 Å². The van der Waals surface area contributed by atoms with Crippen molar-refractivity contribution < 1.29 is 0 Å². The lowest BCUT2D eigenvalue weighted by Crippen LogP contribution is -2.37. The highest BCUT2D eigenvalue weighted by Gasteiger charge is 2.21. The van der Waals surface area contributed by atoms with Gasteiger partial charge in [0.1, 0.15) is 0 Å². The Morgan fingerprint density at radius 1 is 1.33 bits per heavy atom. The van der Waals surface area contributed by atoms with Crippen LogP contribution in [0, 0.1) is 0 Å². The average molecular weight is 244 g/mol. The van der Waals surface area contributed by atoms with E-state index in [1.165, 1.54) is 31.5 Å². The SMILES string of the molecule is CCN1CCC[C@H]1CNC/C=C/c1ccccc1. The van der Waals surface area contributed by atoms with E-state index in [0.29, 0.717) is 0 Å². The molecule has 1 atom stereocenters. The van der Waals surface area contributed by atoms with Gasteiger partial charge in [0, 0.05) is 19.1 Å². The summed E-state index contributed by atoms with van der Waals surface area (Å²) < 4.78 is 0. The maximum Gasteiger partial charge on any atom is 0.0221 e. The summed E-state index contributed by atoms with van der Waals surface area (Å²) in [5.41, 5.74) is 1.27. The van der Waals surface area contributed by atoms with Crippen LogP contribution in [0.4, 0.5) is 0 Å². The largest absolute Gasteiger partial charge is 0.312 e. The zero-order valence-electron chi connectivity index (χ0n) is 11.3. The van der Waals surface area contributed by atoms with Gasteiger partial charge in [-0.3, -0.25) is 4.90 Å². The fraction of sp³-hybridized carbons (Fsp3) is 0.500. The highest BCUT2D eigenvalue weighted by Crippen LogP contribution is 2.15. The Bertz CT molecular complexity index is 359. The molecule has 0 bridgehead atoms. The van der Waals surface area contributed by atoms with Crippen LogP contribution >= 0.6 is 0 Å². The summed E-state index contributed by atoms with van der Waals surface area (Å²) in [5.74, 6) is 0. The molecule has 1 aliphatic heterocycles. The first-order valence-electron chi connectivity index (χ1n) is 7.06. The van der Waals surface area contributed by atoms with Crippen molar-refractivity contribution in [1.82, 2.24) is 10.2 Å². The number of nitrogens with one attached hydrogen (secondary N) is 1. The quantitative estimate of drug-likeness (QED) is 0.774. The summed E-state index contributed by atoms with van der Waals surface area (Å²) in [6, 6.07) is 11.2. The summed E-state index contributed by atoms with van der Waals surface area (Å²) in [5, 5.41) is 3.53. The summed E-state index contributed by atoms with van der Waals surface area (Å²) in [7, 11) is 0. The van der Waals surface area contributed by atoms with Gasteiger partial charge in [-0.2, -0.15) is 0 Å². The minimum Gasteiger partial charge on any atom is -0.312 e. The summed E-state index contributed by atoms with van der Waals surface area (Å²) in [6.07, 6.45) is 7.10. The second kappa shape index (κ2) is 7.34. The van der Waals surface area contributed by atoms with Gasteiger partial charge >= 0.3 is 0 Å². The summed E-state index contributed by atoms with van der Waals surface area (Å²) >= 11 is 0. The van der Waals surface area contributed by atoms with Gasteiger partial charge in [0.15, 0.2) is 0 Å². The van der Waals surface area contributed by atoms with Gasteiger partial charge in [0.25, 0.3) is 0 Å². The molecule has 2 rings (SSSR count). The van der Waals surface area contributed by atoms with Crippen LogP contribution in [0.1, 0.15) is 25.3 Å². The lowest BCUT2D eigenvalue weighted by atomic mass is 10.2. The average Bonchev–Trinajstić information content (AvgIpc) is 2.87. The van der Waals surface area contributed by atoms with E-state index in [1.54, 1.807) is 0 Å². The second-order valence-corrected chi connectivity index (χ2v) is 4.90. The van der Waals surface area contributed by atoms with Crippen molar-refractivity contribution in [3.63, 3.8) is 0 Å². The van der Waals surface area contributed by atoms with E-state index in [9.17, 15) is 0 Å². The number of likely N-dealkylation sites (tertiary alicyclic amines) is 1. The van der Waals surface area contributed by atoms with E-state index in [-0.39, 0.29) is 0 Å². The topological polar surface area (TPSA) is 15.3 Å². The van der Waals surface area contributed by atoms with Crippen molar-refractivity contribution in [1.29, 1.82) is 0 Å². The van der Waals surface area contributed by atoms with E-state index < -0.39 is 0 Å². The van der Waals surface area contributed by atoms with Crippen molar-refractivity contribution in [3.8, 4) is 0 Å². The Labute approximate surface area is 111 Å². The summed E-state index contributed by atoms with van der Waals surface area (Å²) in [4.78, 5) is 2.58. The standard InChI is InChI=1S/C16H24N2/c1-2-18-13-7-11-16(18)14-17-12-6-10-15-8-4-3-5-9-15/h3-6,8-10,16-17H,2,7,11-14H2,1H3/b10-6+/t16-/m0/s1. The molecule has 1 aromatic carbocycles. The fourth-order valence-electron chi connectivity index (χ4n) is 2.64. The Morgan fingerprint density at radius 3 is 2.94 bits per heavy atom. The molecule has 0 spiro atoms. The van der Waals surface area contributed by atoms with Crippen LogP contribution in [0.5, 0.6) is 0 Å². The predicted molar refractivity (Wildman–Crippen MR) is 78.6 cm³/mol. The molecule has 0 unspecified atom stereocenters. The molecule has 1 aromatic rings. The molecule has 0 radical (unpaired) electrons. The monoisotopic (exact) mass is 244 g/mol. The van der Waals surface area contributed by atoms with Gasteiger partial charge in [-0.05, 0) is 31.5 Å². The molecule has 18 heavy (non-hydrogen) atoms. The lowest BCUT2D eigenvalue weighted by Gasteiger charge is -2.22. The van der Waals surface area contributed by atoms with Crippen molar-refractivity contribution in [2.45, 2.75) is 25.8 Å². The van der Waals surface area contributed by atoms with Crippen molar-refractivity contribution in [3.05, 3.63) is 42.0 Å². The Kier molecular flexibility index (Phi) is 5.43. The van der Waals surface area contributed by atoms with E-state index >= 15 is 0 Å². The van der Waals surface area contributed by atoms with Gasteiger partial charge in [-0.25, -0.2) is 0 Å². The van der Waals surface area contributed by atoms with Crippen LogP contribution in [0.2, 0.25) is 0 Å². The zero-order valence-corrected chi connectivity index (χ0v) is 11.3. The number of likely N-dealkylation sites (N-methyl/N-ethyl adjacent to an activating group) is 1. The van der Waals surface area contributed by atoms with Crippen LogP contribution < -0.4 is 5.32 Å². The number of benzene rings is 1. The number of nitrogens with zero attached hydrogens (tertiary/aromatic N) is 1. The molecular weight excluding hydrogens is 220 g/mol. The molecule has 0 aliphatic carbocycles. The first-order chi connectivity index (χ1) is 8.90. The molecule has 1 fully saturated rings. The third-order valence-corrected chi connectivity index (χ3v) is 3.66. The van der Waals surface area contributed by atoms with E-state index in [2.05, 4.69) is 59.6 Å². The van der Waals surface area contributed by atoms with E-state index in [1.807, 2.05) is 0 Å². The number of hydrogen-bond acceptors (Lipinski definition) is 2. The van der Waals surface area contributed by atoms with Crippen molar-refractivity contribution in [2.75, 3.05) is 26.2 Å². The van der Waals surface area contributed by atoms with E-state index in [4.69, 9.17) is 0 Å². The number of rotatable bonds is 6. The van der Waals surface area contributed by atoms with Crippen molar-refractivity contribution >= 4 is 6.08 Å². The molecule has 0 saturated carbocycles. The van der Waals surface area contributed by atoms with E-state index in [0.717, 1.165) is 19.1 Å². The highest BCUT2D eigenvalue weighted by atomic mass is 15.2. The minimum absolute atomic E-state index is 0.750. The number of hydrogen-bond donors (Lipinski definition) is 1. The fourth-order valence-corrected chi connectivity index (χ4v) is 2.64. The normalized spacial score (nSPS) is 20.8. The minimum atomic E-state index is 0.750. The van der Waals surface area contributed by atoms with Crippen LogP contribution in [0.3, 0.4) is 0 Å². The first kappa shape index (κ1) is 13.3. The molecule has 2 heteroatoms. The third kappa shape index (κ3) is 3.97. The molecule has 1 heterocycles. The highest BCUT2D eigenvalue weighted by molar-refractivity contribution is 5.48.